The molecule has 0 amide bonds. The van der Waals surface area contributed by atoms with Crippen molar-refractivity contribution >= 4 is 17.3 Å². The highest BCUT2D eigenvalue weighted by molar-refractivity contribution is 6.33. The van der Waals surface area contributed by atoms with Crippen molar-refractivity contribution in [1.29, 1.82) is 0 Å². The van der Waals surface area contributed by atoms with Crippen LogP contribution in [0, 0.1) is 5.92 Å². The average Bonchev–Trinajstić information content (AvgIpc) is 2.48. The molecule has 3 rings (SSSR count). The van der Waals surface area contributed by atoms with Crippen LogP contribution in [-0.2, 0) is 0 Å². The normalized spacial score (nSPS) is 25.5. The Kier molecular flexibility index (Phi) is 4.46. The molecule has 3 heteroatoms. The fraction of sp³-hybridized carbons (Fsp3) is 0.667. The maximum atomic E-state index is 6.49. The fourth-order valence-electron chi connectivity index (χ4n) is 4.04. The number of nitrogens with one attached hydrogen (secondary N) is 1. The van der Waals surface area contributed by atoms with Gasteiger partial charge in [-0.3, -0.25) is 0 Å². The molecule has 1 aliphatic carbocycles. The fourth-order valence-corrected chi connectivity index (χ4v) is 4.28. The van der Waals surface area contributed by atoms with Gasteiger partial charge in [-0.15, -0.1) is 0 Å². The van der Waals surface area contributed by atoms with Crippen molar-refractivity contribution in [2.24, 2.45) is 5.92 Å². The minimum atomic E-state index is 0.308. The second-order valence-electron chi connectivity index (χ2n) is 7.11. The summed E-state index contributed by atoms with van der Waals surface area (Å²) in [5.74, 6) is 0.620. The number of hydrogen-bond donors (Lipinski definition) is 1. The molecule has 1 atom stereocenters. The van der Waals surface area contributed by atoms with Gasteiger partial charge in [0.25, 0.3) is 0 Å². The Balaban J connectivity index is 1.90. The van der Waals surface area contributed by atoms with E-state index in [1.807, 2.05) is 12.1 Å². The molecule has 1 N–H and O–H groups in total. The van der Waals surface area contributed by atoms with Crippen LogP contribution in [0.2, 0.25) is 5.02 Å². The average molecular weight is 307 g/mol. The minimum absolute atomic E-state index is 0.308. The van der Waals surface area contributed by atoms with E-state index < -0.39 is 0 Å². The monoisotopic (exact) mass is 306 g/mol. The maximum absolute atomic E-state index is 6.49. The predicted octanol–water partition coefficient (Wildman–Crippen LogP) is 4.48. The second-order valence-corrected chi connectivity index (χ2v) is 7.52. The molecule has 2 nitrogen and oxygen atoms in total. The zero-order chi connectivity index (χ0) is 14.9. The van der Waals surface area contributed by atoms with Gasteiger partial charge < -0.3 is 10.2 Å². The predicted molar refractivity (Wildman–Crippen MR) is 91.2 cm³/mol. The lowest BCUT2D eigenvalue weighted by Crippen LogP contribution is -2.66. The Labute approximate surface area is 133 Å². The van der Waals surface area contributed by atoms with E-state index in [9.17, 15) is 0 Å². The number of nitrogens with zero attached hydrogens (tertiary/aromatic N) is 1. The van der Waals surface area contributed by atoms with Crippen molar-refractivity contribution < 1.29 is 0 Å². The molecular formula is C18H27ClN2. The first-order valence-electron chi connectivity index (χ1n) is 8.37. The van der Waals surface area contributed by atoms with Crippen LogP contribution in [0.1, 0.15) is 46.0 Å². The van der Waals surface area contributed by atoms with E-state index in [1.54, 1.807) is 0 Å². The van der Waals surface area contributed by atoms with Crippen molar-refractivity contribution in [1.82, 2.24) is 5.32 Å². The molecule has 1 aliphatic heterocycles. The molecule has 1 heterocycles. The van der Waals surface area contributed by atoms with Crippen molar-refractivity contribution in [3.8, 4) is 0 Å². The summed E-state index contributed by atoms with van der Waals surface area (Å²) < 4.78 is 0. The first-order chi connectivity index (χ1) is 10.1. The van der Waals surface area contributed by atoms with Gasteiger partial charge in [0, 0.05) is 24.7 Å². The summed E-state index contributed by atoms with van der Waals surface area (Å²) in [6, 6.07) is 8.85. The molecule has 1 saturated carbocycles. The lowest BCUT2D eigenvalue weighted by molar-refractivity contribution is 0.184. The van der Waals surface area contributed by atoms with Crippen molar-refractivity contribution in [2.75, 3.05) is 18.0 Å². The van der Waals surface area contributed by atoms with Crippen molar-refractivity contribution in [3.63, 3.8) is 0 Å². The number of halogens is 1. The quantitative estimate of drug-likeness (QED) is 0.867. The Morgan fingerprint density at radius 1 is 1.19 bits per heavy atom. The molecule has 2 aliphatic rings. The van der Waals surface area contributed by atoms with Gasteiger partial charge in [-0.25, -0.2) is 0 Å². The molecule has 116 valence electrons. The Morgan fingerprint density at radius 3 is 2.57 bits per heavy atom. The van der Waals surface area contributed by atoms with Crippen LogP contribution in [0.5, 0.6) is 0 Å². The van der Waals surface area contributed by atoms with Crippen LogP contribution in [0.15, 0.2) is 24.3 Å². The summed E-state index contributed by atoms with van der Waals surface area (Å²) >= 11 is 6.49. The number of piperazine rings is 1. The van der Waals surface area contributed by atoms with Crippen LogP contribution in [-0.4, -0.2) is 24.7 Å². The molecule has 0 radical (unpaired) electrons. The third kappa shape index (κ3) is 3.07. The number of hydrogen-bond acceptors (Lipinski definition) is 2. The standard InChI is InChI=1S/C18H27ClN2/c1-14(2)17-12-20-18(10-6-3-7-11-18)13-21(17)16-9-5-4-8-15(16)19/h4-5,8-9,14,17,20H,3,6-7,10-13H2,1-2H3. The molecule has 0 aromatic heterocycles. The topological polar surface area (TPSA) is 15.3 Å². The lowest BCUT2D eigenvalue weighted by atomic mass is 9.78. The van der Waals surface area contributed by atoms with Crippen LogP contribution in [0.4, 0.5) is 5.69 Å². The van der Waals surface area contributed by atoms with E-state index in [4.69, 9.17) is 11.6 Å². The van der Waals surface area contributed by atoms with Crippen LogP contribution in [0.3, 0.4) is 0 Å². The van der Waals surface area contributed by atoms with Gasteiger partial charge in [-0.05, 0) is 30.9 Å². The van der Waals surface area contributed by atoms with Crippen molar-refractivity contribution in [2.45, 2.75) is 57.5 Å². The first-order valence-corrected chi connectivity index (χ1v) is 8.75. The smallest absolute Gasteiger partial charge is 0.0639 e. The highest BCUT2D eigenvalue weighted by Crippen LogP contribution is 2.37. The van der Waals surface area contributed by atoms with Gasteiger partial charge in [0.1, 0.15) is 0 Å². The zero-order valence-corrected chi connectivity index (χ0v) is 14.0. The molecule has 0 bridgehead atoms. The third-order valence-corrected chi connectivity index (χ3v) is 5.62. The Hall–Kier alpha value is -0.730. The van der Waals surface area contributed by atoms with Gasteiger partial charge >= 0.3 is 0 Å². The summed E-state index contributed by atoms with van der Waals surface area (Å²) in [5, 5.41) is 4.79. The summed E-state index contributed by atoms with van der Waals surface area (Å²) in [4.78, 5) is 2.58. The third-order valence-electron chi connectivity index (χ3n) is 5.30. The minimum Gasteiger partial charge on any atom is -0.364 e. The summed E-state index contributed by atoms with van der Waals surface area (Å²) in [6.07, 6.45) is 6.71. The van der Waals surface area contributed by atoms with E-state index >= 15 is 0 Å². The lowest BCUT2D eigenvalue weighted by Gasteiger charge is -2.52. The highest BCUT2D eigenvalue weighted by atomic mass is 35.5. The first kappa shape index (κ1) is 15.2. The molecular weight excluding hydrogens is 280 g/mol. The highest BCUT2D eigenvalue weighted by Gasteiger charge is 2.41. The van der Waals surface area contributed by atoms with E-state index in [2.05, 4.69) is 36.2 Å². The van der Waals surface area contributed by atoms with Gasteiger partial charge in [-0.2, -0.15) is 0 Å². The number of benzene rings is 1. The molecule has 1 spiro atoms. The Morgan fingerprint density at radius 2 is 1.90 bits per heavy atom. The summed E-state index contributed by atoms with van der Waals surface area (Å²) in [7, 11) is 0. The molecule has 1 unspecified atom stereocenters. The number of anilines is 1. The molecule has 1 aromatic carbocycles. The van der Waals surface area contributed by atoms with Gasteiger partial charge in [-0.1, -0.05) is 56.8 Å². The number of para-hydroxylation sites is 1. The second kappa shape index (κ2) is 6.18. The van der Waals surface area contributed by atoms with Gasteiger partial charge in [0.05, 0.1) is 10.7 Å². The van der Waals surface area contributed by atoms with Crippen molar-refractivity contribution in [3.05, 3.63) is 29.3 Å². The largest absolute Gasteiger partial charge is 0.364 e. The van der Waals surface area contributed by atoms with E-state index in [-0.39, 0.29) is 0 Å². The molecule has 21 heavy (non-hydrogen) atoms. The van der Waals surface area contributed by atoms with Crippen LogP contribution >= 0.6 is 11.6 Å². The Bertz CT molecular complexity index is 480. The molecule has 1 aromatic rings. The SMILES string of the molecule is CC(C)C1CNC2(CCCCC2)CN1c1ccccc1Cl. The molecule has 2 fully saturated rings. The zero-order valence-electron chi connectivity index (χ0n) is 13.2. The van der Waals surface area contributed by atoms with Gasteiger partial charge in [0.2, 0.25) is 0 Å². The number of rotatable bonds is 2. The summed E-state index contributed by atoms with van der Waals surface area (Å²) in [6.45, 7) is 6.80. The van der Waals surface area contributed by atoms with Crippen LogP contribution < -0.4 is 10.2 Å². The van der Waals surface area contributed by atoms with E-state index in [1.165, 1.54) is 37.8 Å². The van der Waals surface area contributed by atoms with Gasteiger partial charge in [0.15, 0.2) is 0 Å². The molecule has 1 saturated heterocycles. The maximum Gasteiger partial charge on any atom is 0.0639 e. The van der Waals surface area contributed by atoms with Crippen LogP contribution in [0.25, 0.3) is 0 Å². The van der Waals surface area contributed by atoms with E-state index in [0.29, 0.717) is 17.5 Å². The summed E-state index contributed by atoms with van der Waals surface area (Å²) in [5.41, 5.74) is 1.52. The van der Waals surface area contributed by atoms with E-state index in [0.717, 1.165) is 18.1 Å².